The summed E-state index contributed by atoms with van der Waals surface area (Å²) in [5.74, 6) is -3.14. The third-order valence-electron chi connectivity index (χ3n) is 2.32. The minimum atomic E-state index is -1.36. The lowest BCUT2D eigenvalue weighted by molar-refractivity contribution is -0.147. The maximum absolute atomic E-state index is 11.8. The summed E-state index contributed by atoms with van der Waals surface area (Å²) in [6.07, 6.45) is 1.47. The number of nitrogens with zero attached hydrogens (tertiary/aromatic N) is 1. The number of rotatable bonds is 6. The number of carbonyl (C=O) groups is 2. The predicted molar refractivity (Wildman–Crippen MR) is 69.9 cm³/mol. The number of amides is 1. The van der Waals surface area contributed by atoms with Gasteiger partial charge in [-0.25, -0.2) is 0 Å². The lowest BCUT2D eigenvalue weighted by atomic mass is 9.99. The first-order valence-corrected chi connectivity index (χ1v) is 7.17. The van der Waals surface area contributed by atoms with Gasteiger partial charge < -0.3 is 9.29 Å². The number of hydrogen-bond acceptors (Lipinski definition) is 5. The van der Waals surface area contributed by atoms with E-state index in [4.69, 9.17) is 4.74 Å². The number of ether oxygens (including phenoxy) is 1. The van der Waals surface area contributed by atoms with Gasteiger partial charge in [0.15, 0.2) is 5.92 Å². The number of nitroso groups, excluding NO2 is 1. The molecule has 0 spiro atoms. The largest absolute Gasteiger partial charge is 0.616 e. The molecule has 0 aliphatic heterocycles. The van der Waals surface area contributed by atoms with E-state index >= 15 is 0 Å². The fourth-order valence-electron chi connectivity index (χ4n) is 1.42. The number of esters is 1. The molecule has 0 aromatic heterocycles. The quantitative estimate of drug-likeness (QED) is 0.335. The SMILES string of the molecule is C[S+]([O-])CCOC(=O)C(C(=O)N=O)c1ccccc1. The first kappa shape index (κ1) is 15.3. The van der Waals surface area contributed by atoms with Crippen LogP contribution < -0.4 is 0 Å². The monoisotopic (exact) mass is 283 g/mol. The molecular weight excluding hydrogens is 270 g/mol. The summed E-state index contributed by atoms with van der Waals surface area (Å²) in [4.78, 5) is 33.5. The highest BCUT2D eigenvalue weighted by atomic mass is 32.2. The van der Waals surface area contributed by atoms with Crippen molar-refractivity contribution in [3.05, 3.63) is 40.8 Å². The Labute approximate surface area is 113 Å². The highest BCUT2D eigenvalue weighted by Gasteiger charge is 2.31. The molecule has 0 heterocycles. The Kier molecular flexibility index (Phi) is 6.17. The van der Waals surface area contributed by atoms with Crippen molar-refractivity contribution in [1.82, 2.24) is 0 Å². The zero-order valence-electron chi connectivity index (χ0n) is 10.3. The second-order valence-electron chi connectivity index (χ2n) is 3.72. The molecule has 0 bridgehead atoms. The summed E-state index contributed by atoms with van der Waals surface area (Å²) in [5, 5.41) is 2.28. The number of carbonyl (C=O) groups excluding carboxylic acids is 2. The smallest absolute Gasteiger partial charge is 0.323 e. The van der Waals surface area contributed by atoms with E-state index in [-0.39, 0.29) is 12.4 Å². The Morgan fingerprint density at radius 1 is 1.37 bits per heavy atom. The molecule has 2 atom stereocenters. The molecule has 0 N–H and O–H groups in total. The van der Waals surface area contributed by atoms with Crippen LogP contribution >= 0.6 is 0 Å². The highest BCUT2D eigenvalue weighted by Crippen LogP contribution is 2.19. The van der Waals surface area contributed by atoms with Crippen LogP contribution in [0.5, 0.6) is 0 Å². The lowest BCUT2D eigenvalue weighted by Crippen LogP contribution is -2.24. The molecule has 0 aliphatic carbocycles. The summed E-state index contributed by atoms with van der Waals surface area (Å²) in [6.45, 7) is -0.0720. The molecule has 1 rings (SSSR count). The zero-order valence-corrected chi connectivity index (χ0v) is 11.1. The van der Waals surface area contributed by atoms with E-state index in [1.54, 1.807) is 18.2 Å². The minimum absolute atomic E-state index is 0.0720. The summed E-state index contributed by atoms with van der Waals surface area (Å²) in [7, 11) is 0. The minimum Gasteiger partial charge on any atom is -0.616 e. The highest BCUT2D eigenvalue weighted by molar-refractivity contribution is 7.90. The van der Waals surface area contributed by atoms with Crippen LogP contribution in [0.2, 0.25) is 0 Å². The van der Waals surface area contributed by atoms with Crippen LogP contribution in [0.3, 0.4) is 0 Å². The lowest BCUT2D eigenvalue weighted by Gasteiger charge is -2.12. The number of hydrogen-bond donors (Lipinski definition) is 0. The average molecular weight is 283 g/mol. The van der Waals surface area contributed by atoms with Crippen molar-refractivity contribution in [2.45, 2.75) is 5.92 Å². The maximum Gasteiger partial charge on any atom is 0.323 e. The molecule has 19 heavy (non-hydrogen) atoms. The fraction of sp³-hybridized carbons (Fsp3) is 0.333. The molecule has 0 radical (unpaired) electrons. The molecule has 7 heteroatoms. The normalized spacial score (nSPS) is 13.4. The van der Waals surface area contributed by atoms with Crippen LogP contribution in [0.4, 0.5) is 0 Å². The fourth-order valence-corrected chi connectivity index (χ4v) is 1.74. The average Bonchev–Trinajstić information content (AvgIpc) is 2.39. The van der Waals surface area contributed by atoms with Gasteiger partial charge in [-0.2, -0.15) is 0 Å². The van der Waals surface area contributed by atoms with Gasteiger partial charge in [-0.05, 0) is 5.56 Å². The Morgan fingerprint density at radius 2 is 2.00 bits per heavy atom. The van der Waals surface area contributed by atoms with E-state index in [1.807, 2.05) is 0 Å². The van der Waals surface area contributed by atoms with E-state index in [0.717, 1.165) is 0 Å². The van der Waals surface area contributed by atoms with Crippen LogP contribution in [0.25, 0.3) is 0 Å². The van der Waals surface area contributed by atoms with Gasteiger partial charge in [-0.1, -0.05) is 41.5 Å². The topological polar surface area (TPSA) is 95.9 Å². The Bertz CT molecular complexity index is 449. The van der Waals surface area contributed by atoms with Gasteiger partial charge in [0, 0.05) is 5.18 Å². The summed E-state index contributed by atoms with van der Waals surface area (Å²) in [6, 6.07) is 8.05. The van der Waals surface area contributed by atoms with E-state index < -0.39 is 29.0 Å². The van der Waals surface area contributed by atoms with E-state index in [1.165, 1.54) is 18.4 Å². The summed E-state index contributed by atoms with van der Waals surface area (Å²) < 4.78 is 15.7. The maximum atomic E-state index is 11.8. The first-order chi connectivity index (χ1) is 9.06. The van der Waals surface area contributed by atoms with Crippen molar-refractivity contribution in [1.29, 1.82) is 0 Å². The van der Waals surface area contributed by atoms with Gasteiger partial charge in [0.1, 0.15) is 12.4 Å². The van der Waals surface area contributed by atoms with Crippen LogP contribution in [0.1, 0.15) is 11.5 Å². The van der Waals surface area contributed by atoms with Crippen molar-refractivity contribution in [3.8, 4) is 0 Å². The van der Waals surface area contributed by atoms with Gasteiger partial charge in [-0.15, -0.1) is 4.91 Å². The van der Waals surface area contributed by atoms with E-state index in [9.17, 15) is 19.0 Å². The van der Waals surface area contributed by atoms with Gasteiger partial charge in [-0.3, -0.25) is 9.59 Å². The standard InChI is InChI=1S/C12H13NO5S/c1-19(17)8-7-18-12(15)10(11(14)13-16)9-5-3-2-4-6-9/h2-6,10H,7-8H2,1H3. The Hall–Kier alpha value is -1.73. The van der Waals surface area contributed by atoms with Crippen molar-refractivity contribution < 1.29 is 18.9 Å². The molecule has 1 aromatic rings. The third-order valence-corrected chi connectivity index (χ3v) is 3.06. The molecule has 0 saturated carbocycles. The van der Waals surface area contributed by atoms with Gasteiger partial charge in [0.25, 0.3) is 0 Å². The molecule has 6 nitrogen and oxygen atoms in total. The first-order valence-electron chi connectivity index (χ1n) is 5.45. The number of benzene rings is 1. The van der Waals surface area contributed by atoms with Crippen molar-refractivity contribution in [2.24, 2.45) is 5.18 Å². The van der Waals surface area contributed by atoms with Gasteiger partial charge >= 0.3 is 11.9 Å². The molecule has 0 fully saturated rings. The summed E-state index contributed by atoms with van der Waals surface area (Å²) in [5.41, 5.74) is 0.342. The van der Waals surface area contributed by atoms with E-state index in [2.05, 4.69) is 5.18 Å². The van der Waals surface area contributed by atoms with Gasteiger partial charge in [0.2, 0.25) is 0 Å². The van der Waals surface area contributed by atoms with E-state index in [0.29, 0.717) is 5.56 Å². The van der Waals surface area contributed by atoms with Crippen LogP contribution in [0.15, 0.2) is 35.5 Å². The molecule has 0 saturated heterocycles. The molecule has 1 aromatic carbocycles. The van der Waals surface area contributed by atoms with Crippen LogP contribution in [-0.2, 0) is 25.5 Å². The Morgan fingerprint density at radius 3 is 2.53 bits per heavy atom. The predicted octanol–water partition coefficient (Wildman–Crippen LogP) is 0.985. The molecule has 0 aliphatic rings. The van der Waals surface area contributed by atoms with Crippen LogP contribution in [0, 0.1) is 4.91 Å². The molecule has 2 unspecified atom stereocenters. The van der Waals surface area contributed by atoms with Crippen molar-refractivity contribution >= 4 is 23.1 Å². The van der Waals surface area contributed by atoms with Gasteiger partial charge in [0.05, 0.1) is 6.26 Å². The van der Waals surface area contributed by atoms with Crippen molar-refractivity contribution in [2.75, 3.05) is 18.6 Å². The van der Waals surface area contributed by atoms with Crippen LogP contribution in [-0.4, -0.2) is 35.0 Å². The summed E-state index contributed by atoms with van der Waals surface area (Å²) >= 11 is -1.10. The second-order valence-corrected chi connectivity index (χ2v) is 5.27. The third kappa shape index (κ3) is 4.80. The zero-order chi connectivity index (χ0) is 14.3. The Balaban J connectivity index is 2.78. The molecular formula is C12H13NO5S. The molecule has 102 valence electrons. The second kappa shape index (κ2) is 7.65. The molecule has 1 amide bonds. The van der Waals surface area contributed by atoms with Crippen molar-refractivity contribution in [3.63, 3.8) is 0 Å².